The first-order valence-electron chi connectivity index (χ1n) is 10.8. The largest absolute Gasteiger partial charge is 0.493 e. The molecule has 2 rings (SSSR count). The number of ether oxygens (including phenoxy) is 2. The summed E-state index contributed by atoms with van der Waals surface area (Å²) in [5.41, 5.74) is 1.18. The van der Waals surface area contributed by atoms with E-state index in [1.807, 2.05) is 12.1 Å². The van der Waals surface area contributed by atoms with E-state index in [0.717, 1.165) is 37.7 Å². The van der Waals surface area contributed by atoms with Crippen LogP contribution < -0.4 is 15.4 Å². The molecule has 0 radical (unpaired) electrons. The van der Waals surface area contributed by atoms with Gasteiger partial charge in [0.05, 0.1) is 13.7 Å². The molecule has 2 N–H and O–H groups in total. The van der Waals surface area contributed by atoms with Crippen molar-refractivity contribution < 1.29 is 14.3 Å². The number of hydrogen-bond donors (Lipinski definition) is 2. The standard InChI is InChI=1S/C23H38N4O3/c1-17(2)15-30-20-9-7-18(8-10-20)23(3,4)16-25-21(24-5)26-19-11-13-27(14-12-19)22(28)29-6/h7-10,17,19H,11-16H2,1-6H3,(H2,24,25,26). The lowest BCUT2D eigenvalue weighted by atomic mass is 9.84. The van der Waals surface area contributed by atoms with Crippen molar-refractivity contribution in [3.63, 3.8) is 0 Å². The first-order chi connectivity index (χ1) is 14.2. The lowest BCUT2D eigenvalue weighted by Crippen LogP contribution is -2.51. The second-order valence-corrected chi connectivity index (χ2v) is 8.91. The topological polar surface area (TPSA) is 75.2 Å². The monoisotopic (exact) mass is 418 g/mol. The SMILES string of the molecule is CN=C(NCC(C)(C)c1ccc(OCC(C)C)cc1)NC1CCN(C(=O)OC)CC1. The summed E-state index contributed by atoms with van der Waals surface area (Å²) in [7, 11) is 3.21. The first kappa shape index (κ1) is 23.8. The number of methoxy groups -OCH3 is 1. The van der Waals surface area contributed by atoms with E-state index in [2.05, 4.69) is 55.5 Å². The van der Waals surface area contributed by atoms with Gasteiger partial charge in [-0.15, -0.1) is 0 Å². The zero-order valence-electron chi connectivity index (χ0n) is 19.3. The minimum Gasteiger partial charge on any atom is -0.493 e. The van der Waals surface area contributed by atoms with Crippen molar-refractivity contribution >= 4 is 12.1 Å². The Labute approximate surface area is 181 Å². The number of nitrogens with one attached hydrogen (secondary N) is 2. The fourth-order valence-corrected chi connectivity index (χ4v) is 3.40. The Bertz CT molecular complexity index is 693. The maximum Gasteiger partial charge on any atom is 0.409 e. The number of aliphatic imine (C=N–C) groups is 1. The number of rotatable bonds is 7. The molecule has 1 fully saturated rings. The molecule has 30 heavy (non-hydrogen) atoms. The Hall–Kier alpha value is -2.44. The fourth-order valence-electron chi connectivity index (χ4n) is 3.40. The molecule has 0 saturated carbocycles. The summed E-state index contributed by atoms with van der Waals surface area (Å²) in [6, 6.07) is 8.65. The van der Waals surface area contributed by atoms with Gasteiger partial charge in [-0.05, 0) is 36.5 Å². The van der Waals surface area contributed by atoms with E-state index in [-0.39, 0.29) is 17.6 Å². The number of likely N-dealkylation sites (tertiary alicyclic amines) is 1. The second kappa shape index (κ2) is 11.1. The molecule has 1 aliphatic heterocycles. The van der Waals surface area contributed by atoms with Gasteiger partial charge in [-0.3, -0.25) is 4.99 Å². The van der Waals surface area contributed by atoms with E-state index >= 15 is 0 Å². The van der Waals surface area contributed by atoms with E-state index in [9.17, 15) is 4.79 Å². The van der Waals surface area contributed by atoms with Gasteiger partial charge in [-0.2, -0.15) is 0 Å². The molecule has 0 spiro atoms. The highest BCUT2D eigenvalue weighted by molar-refractivity contribution is 5.80. The molecule has 1 amide bonds. The summed E-state index contributed by atoms with van der Waals surface area (Å²) in [5.74, 6) is 2.21. The molecule has 0 atom stereocenters. The number of benzene rings is 1. The lowest BCUT2D eigenvalue weighted by molar-refractivity contribution is 0.111. The molecular formula is C23H38N4O3. The lowest BCUT2D eigenvalue weighted by Gasteiger charge is -2.33. The predicted octanol–water partition coefficient (Wildman–Crippen LogP) is 3.39. The number of hydrogen-bond acceptors (Lipinski definition) is 4. The smallest absolute Gasteiger partial charge is 0.409 e. The number of piperidine rings is 1. The van der Waals surface area contributed by atoms with Gasteiger partial charge in [0.25, 0.3) is 0 Å². The van der Waals surface area contributed by atoms with Crippen LogP contribution in [0.5, 0.6) is 5.75 Å². The van der Waals surface area contributed by atoms with Crippen molar-refractivity contribution in [2.24, 2.45) is 10.9 Å². The van der Waals surface area contributed by atoms with Crippen LogP contribution in [-0.4, -0.2) is 63.4 Å². The highest BCUT2D eigenvalue weighted by Crippen LogP contribution is 2.25. The number of nitrogens with zero attached hydrogens (tertiary/aromatic N) is 2. The molecule has 1 heterocycles. The van der Waals surface area contributed by atoms with Crippen LogP contribution in [0.2, 0.25) is 0 Å². The number of carbonyl (C=O) groups is 1. The molecule has 1 aromatic rings. The zero-order valence-corrected chi connectivity index (χ0v) is 19.3. The average Bonchev–Trinajstić information content (AvgIpc) is 2.75. The number of guanidine groups is 1. The van der Waals surface area contributed by atoms with Gasteiger partial charge in [0.2, 0.25) is 0 Å². The van der Waals surface area contributed by atoms with E-state index in [1.165, 1.54) is 12.7 Å². The van der Waals surface area contributed by atoms with Crippen molar-refractivity contribution in [2.45, 2.75) is 52.0 Å². The van der Waals surface area contributed by atoms with Crippen LogP contribution in [0.3, 0.4) is 0 Å². The summed E-state index contributed by atoms with van der Waals surface area (Å²) < 4.78 is 10.6. The van der Waals surface area contributed by atoms with E-state index < -0.39 is 0 Å². The third kappa shape index (κ3) is 7.11. The van der Waals surface area contributed by atoms with Gasteiger partial charge < -0.3 is 25.0 Å². The van der Waals surface area contributed by atoms with E-state index in [1.54, 1.807) is 11.9 Å². The number of amides is 1. The highest BCUT2D eigenvalue weighted by Gasteiger charge is 2.25. The Kier molecular flexibility index (Phi) is 8.81. The zero-order chi connectivity index (χ0) is 22.1. The van der Waals surface area contributed by atoms with Crippen LogP contribution in [0.15, 0.2) is 29.3 Å². The van der Waals surface area contributed by atoms with Crippen LogP contribution >= 0.6 is 0 Å². The van der Waals surface area contributed by atoms with Gasteiger partial charge in [0.1, 0.15) is 5.75 Å². The molecule has 7 heteroatoms. The Morgan fingerprint density at radius 3 is 2.40 bits per heavy atom. The van der Waals surface area contributed by atoms with Crippen molar-refractivity contribution in [1.29, 1.82) is 0 Å². The van der Waals surface area contributed by atoms with Crippen LogP contribution in [0.1, 0.15) is 46.1 Å². The summed E-state index contributed by atoms with van der Waals surface area (Å²) in [5, 5.41) is 6.94. The number of carbonyl (C=O) groups excluding carboxylic acids is 1. The van der Waals surface area contributed by atoms with Gasteiger partial charge in [-0.1, -0.05) is 39.8 Å². The van der Waals surface area contributed by atoms with Crippen LogP contribution in [-0.2, 0) is 10.2 Å². The molecule has 0 aliphatic carbocycles. The molecule has 1 saturated heterocycles. The predicted molar refractivity (Wildman–Crippen MR) is 121 cm³/mol. The molecule has 0 unspecified atom stereocenters. The Morgan fingerprint density at radius 1 is 1.23 bits per heavy atom. The molecule has 1 aliphatic rings. The van der Waals surface area contributed by atoms with Crippen molar-refractivity contribution in [3.8, 4) is 5.75 Å². The van der Waals surface area contributed by atoms with Crippen LogP contribution in [0, 0.1) is 5.92 Å². The molecule has 1 aromatic carbocycles. The average molecular weight is 419 g/mol. The van der Waals surface area contributed by atoms with E-state index in [0.29, 0.717) is 19.0 Å². The molecule has 0 bridgehead atoms. The van der Waals surface area contributed by atoms with Crippen LogP contribution in [0.25, 0.3) is 0 Å². The van der Waals surface area contributed by atoms with Gasteiger partial charge in [0.15, 0.2) is 5.96 Å². The fraction of sp³-hybridized carbons (Fsp3) is 0.652. The second-order valence-electron chi connectivity index (χ2n) is 8.91. The Balaban J connectivity index is 1.84. The summed E-state index contributed by atoms with van der Waals surface area (Å²) in [4.78, 5) is 17.7. The van der Waals surface area contributed by atoms with Crippen molar-refractivity contribution in [3.05, 3.63) is 29.8 Å². The molecule has 168 valence electrons. The highest BCUT2D eigenvalue weighted by atomic mass is 16.5. The third-order valence-electron chi connectivity index (χ3n) is 5.41. The quantitative estimate of drug-likeness (QED) is 0.524. The van der Waals surface area contributed by atoms with Crippen molar-refractivity contribution in [1.82, 2.24) is 15.5 Å². The first-order valence-corrected chi connectivity index (χ1v) is 10.8. The summed E-state index contributed by atoms with van der Waals surface area (Å²) >= 11 is 0. The third-order valence-corrected chi connectivity index (χ3v) is 5.41. The van der Waals surface area contributed by atoms with Gasteiger partial charge in [-0.25, -0.2) is 4.79 Å². The van der Waals surface area contributed by atoms with Gasteiger partial charge >= 0.3 is 6.09 Å². The minimum atomic E-state index is -0.252. The minimum absolute atomic E-state index is 0.0670. The molecule has 7 nitrogen and oxygen atoms in total. The maximum absolute atomic E-state index is 11.6. The van der Waals surface area contributed by atoms with Crippen LogP contribution in [0.4, 0.5) is 4.79 Å². The maximum atomic E-state index is 11.6. The van der Waals surface area contributed by atoms with E-state index in [4.69, 9.17) is 9.47 Å². The summed E-state index contributed by atoms with van der Waals surface area (Å²) in [6.07, 6.45) is 1.49. The Morgan fingerprint density at radius 2 is 1.87 bits per heavy atom. The van der Waals surface area contributed by atoms with Crippen molar-refractivity contribution in [2.75, 3.05) is 40.4 Å². The normalized spacial score (nSPS) is 15.8. The van der Waals surface area contributed by atoms with Gasteiger partial charge in [0, 0.05) is 38.1 Å². The molecular weight excluding hydrogens is 380 g/mol. The summed E-state index contributed by atoms with van der Waals surface area (Å²) in [6.45, 7) is 11.6. The molecule has 0 aromatic heterocycles.